The first-order valence-corrected chi connectivity index (χ1v) is 10.5. The Balaban J connectivity index is 1.81. The molecule has 0 fully saturated rings. The number of aromatic nitrogens is 4. The summed E-state index contributed by atoms with van der Waals surface area (Å²) < 4.78 is 47.3. The van der Waals surface area contributed by atoms with Crippen molar-refractivity contribution in [3.63, 3.8) is 0 Å². The van der Waals surface area contributed by atoms with E-state index in [4.69, 9.17) is 4.52 Å². The average Bonchev–Trinajstić information content (AvgIpc) is 3.32. The van der Waals surface area contributed by atoms with Gasteiger partial charge in [-0.1, -0.05) is 57.1 Å². The highest BCUT2D eigenvalue weighted by molar-refractivity contribution is 9.10. The number of hydrogen-bond donors (Lipinski definition) is 0. The summed E-state index contributed by atoms with van der Waals surface area (Å²) in [6, 6.07) is 14.2. The first-order valence-electron chi connectivity index (χ1n) is 8.76. The topological polar surface area (TPSA) is 56.7 Å². The predicted octanol–water partition coefficient (Wildman–Crippen LogP) is 6.30. The van der Waals surface area contributed by atoms with Gasteiger partial charge in [0.15, 0.2) is 11.0 Å². The molecule has 0 atom stereocenters. The van der Waals surface area contributed by atoms with Crippen LogP contribution in [0.1, 0.15) is 17.0 Å². The third kappa shape index (κ3) is 4.29. The van der Waals surface area contributed by atoms with Gasteiger partial charge in [-0.25, -0.2) is 0 Å². The van der Waals surface area contributed by atoms with Crippen molar-refractivity contribution in [2.24, 2.45) is 0 Å². The zero-order valence-corrected chi connectivity index (χ0v) is 17.9. The lowest BCUT2D eigenvalue weighted by Gasteiger charge is -2.13. The van der Waals surface area contributed by atoms with E-state index in [9.17, 15) is 13.2 Å². The van der Waals surface area contributed by atoms with E-state index in [0.29, 0.717) is 39.4 Å². The van der Waals surface area contributed by atoms with Crippen LogP contribution in [0.15, 0.2) is 68.7 Å². The fourth-order valence-corrected chi connectivity index (χ4v) is 4.15. The lowest BCUT2D eigenvalue weighted by Crippen LogP contribution is -2.07. The lowest BCUT2D eigenvalue weighted by atomic mass is 10.1. The van der Waals surface area contributed by atoms with Gasteiger partial charge in [-0.2, -0.15) is 13.2 Å². The van der Waals surface area contributed by atoms with Gasteiger partial charge in [0.2, 0.25) is 0 Å². The van der Waals surface area contributed by atoms with E-state index in [1.54, 1.807) is 23.6 Å². The number of nitrogens with zero attached hydrogens (tertiary/aromatic N) is 4. The molecule has 2 aromatic carbocycles. The van der Waals surface area contributed by atoms with Crippen LogP contribution in [0.25, 0.3) is 17.1 Å². The Morgan fingerprint density at radius 3 is 2.57 bits per heavy atom. The van der Waals surface area contributed by atoms with E-state index in [-0.39, 0.29) is 0 Å². The Morgan fingerprint density at radius 2 is 1.87 bits per heavy atom. The summed E-state index contributed by atoms with van der Waals surface area (Å²) >= 11 is 4.80. The molecular formula is C20H14BrF3N4OS. The van der Waals surface area contributed by atoms with E-state index < -0.39 is 11.7 Å². The summed E-state index contributed by atoms with van der Waals surface area (Å²) in [5.41, 5.74) is 0.999. The molecule has 0 amide bonds. The summed E-state index contributed by atoms with van der Waals surface area (Å²) in [6.45, 7) is 1.79. The second-order valence-corrected chi connectivity index (χ2v) is 8.18. The van der Waals surface area contributed by atoms with E-state index >= 15 is 0 Å². The largest absolute Gasteiger partial charge is 0.416 e. The summed E-state index contributed by atoms with van der Waals surface area (Å²) in [7, 11) is 0. The van der Waals surface area contributed by atoms with Gasteiger partial charge in [-0.05, 0) is 31.2 Å². The fraction of sp³-hybridized carbons (Fsp3) is 0.150. The first kappa shape index (κ1) is 20.7. The van der Waals surface area contributed by atoms with Crippen molar-refractivity contribution in [3.05, 3.63) is 76.1 Å². The zero-order chi connectivity index (χ0) is 21.3. The molecule has 0 N–H and O–H groups in total. The van der Waals surface area contributed by atoms with Crippen LogP contribution < -0.4 is 0 Å². The van der Waals surface area contributed by atoms with Crippen molar-refractivity contribution in [1.82, 2.24) is 19.9 Å². The molecule has 0 radical (unpaired) electrons. The number of thioether (sulfide) groups is 1. The average molecular weight is 495 g/mol. The molecule has 4 aromatic rings. The number of benzene rings is 2. The number of hydrogen-bond acceptors (Lipinski definition) is 5. The molecule has 30 heavy (non-hydrogen) atoms. The first-order chi connectivity index (χ1) is 14.3. The fourth-order valence-electron chi connectivity index (χ4n) is 2.86. The van der Waals surface area contributed by atoms with E-state index in [2.05, 4.69) is 31.3 Å². The maximum Gasteiger partial charge on any atom is 0.416 e. The van der Waals surface area contributed by atoms with Crippen molar-refractivity contribution in [1.29, 1.82) is 0 Å². The zero-order valence-electron chi connectivity index (χ0n) is 15.5. The van der Waals surface area contributed by atoms with Crippen molar-refractivity contribution < 1.29 is 17.7 Å². The molecule has 0 saturated carbocycles. The van der Waals surface area contributed by atoms with Crippen LogP contribution in [0.2, 0.25) is 0 Å². The molecule has 0 bridgehead atoms. The highest BCUT2D eigenvalue weighted by atomic mass is 79.9. The number of aryl methyl sites for hydroxylation is 1. The Hall–Kier alpha value is -2.59. The second-order valence-electron chi connectivity index (χ2n) is 6.39. The quantitative estimate of drug-likeness (QED) is 0.304. The summed E-state index contributed by atoms with van der Waals surface area (Å²) in [4.78, 5) is 0. The van der Waals surface area contributed by atoms with Gasteiger partial charge in [-0.15, -0.1) is 10.2 Å². The predicted molar refractivity (Wildman–Crippen MR) is 110 cm³/mol. The molecule has 2 heterocycles. The molecule has 10 heteroatoms. The molecule has 0 aliphatic carbocycles. The van der Waals surface area contributed by atoms with Crippen LogP contribution in [-0.4, -0.2) is 19.9 Å². The van der Waals surface area contributed by atoms with Gasteiger partial charge >= 0.3 is 6.18 Å². The summed E-state index contributed by atoms with van der Waals surface area (Å²) in [5.74, 6) is 1.55. The maximum absolute atomic E-state index is 13.3. The van der Waals surface area contributed by atoms with Crippen LogP contribution in [0, 0.1) is 6.92 Å². The molecule has 154 valence electrons. The number of halogens is 4. The smallest absolute Gasteiger partial charge is 0.361 e. The van der Waals surface area contributed by atoms with Gasteiger partial charge in [-0.3, -0.25) is 4.57 Å². The monoisotopic (exact) mass is 494 g/mol. The SMILES string of the molecule is Cc1cc(CSc2nnc(-c3ccccc3Br)n2-c2cccc(C(F)(F)F)c2)no1. The minimum Gasteiger partial charge on any atom is -0.361 e. The minimum absolute atomic E-state index is 0.319. The van der Waals surface area contributed by atoms with Crippen LogP contribution in [-0.2, 0) is 11.9 Å². The molecule has 0 spiro atoms. The number of alkyl halides is 3. The van der Waals surface area contributed by atoms with E-state index in [1.165, 1.54) is 17.8 Å². The summed E-state index contributed by atoms with van der Waals surface area (Å²) in [6.07, 6.45) is -4.46. The second kappa shape index (κ2) is 8.27. The third-order valence-electron chi connectivity index (χ3n) is 4.21. The minimum atomic E-state index is -4.46. The van der Waals surface area contributed by atoms with Gasteiger partial charge < -0.3 is 4.52 Å². The van der Waals surface area contributed by atoms with Gasteiger partial charge in [0.25, 0.3) is 0 Å². The molecule has 4 rings (SSSR count). The van der Waals surface area contributed by atoms with Crippen LogP contribution in [0.3, 0.4) is 0 Å². The van der Waals surface area contributed by atoms with E-state index in [0.717, 1.165) is 16.6 Å². The molecule has 2 aromatic heterocycles. The lowest BCUT2D eigenvalue weighted by molar-refractivity contribution is -0.137. The van der Waals surface area contributed by atoms with Gasteiger partial charge in [0, 0.05) is 21.9 Å². The highest BCUT2D eigenvalue weighted by Gasteiger charge is 2.31. The molecule has 5 nitrogen and oxygen atoms in total. The standard InChI is InChI=1S/C20H14BrF3N4OS/c1-12-9-14(27-29-12)11-30-19-26-25-18(16-7-2-3-8-17(16)21)28(19)15-6-4-5-13(10-15)20(22,23)24/h2-10H,11H2,1H3. The van der Waals surface area contributed by atoms with E-state index in [1.807, 2.05) is 24.3 Å². The van der Waals surface area contributed by atoms with Crippen molar-refractivity contribution >= 4 is 27.7 Å². The molecule has 0 unspecified atom stereocenters. The van der Waals surface area contributed by atoms with Gasteiger partial charge in [0.05, 0.1) is 16.9 Å². The third-order valence-corrected chi connectivity index (χ3v) is 5.86. The molecular weight excluding hydrogens is 481 g/mol. The molecule has 0 saturated heterocycles. The van der Waals surface area contributed by atoms with Crippen LogP contribution in [0.5, 0.6) is 0 Å². The molecule has 0 aliphatic rings. The number of rotatable bonds is 5. The van der Waals surface area contributed by atoms with Crippen molar-refractivity contribution in [3.8, 4) is 17.1 Å². The van der Waals surface area contributed by atoms with Crippen molar-refractivity contribution in [2.75, 3.05) is 0 Å². The summed E-state index contributed by atoms with van der Waals surface area (Å²) in [5, 5.41) is 12.9. The van der Waals surface area contributed by atoms with Gasteiger partial charge in [0.1, 0.15) is 5.76 Å². The Bertz CT molecular complexity index is 1190. The van der Waals surface area contributed by atoms with Crippen LogP contribution >= 0.6 is 27.7 Å². The van der Waals surface area contributed by atoms with Crippen molar-refractivity contribution in [2.45, 2.75) is 24.0 Å². The highest BCUT2D eigenvalue weighted by Crippen LogP contribution is 2.35. The normalized spacial score (nSPS) is 11.8. The van der Waals surface area contributed by atoms with Crippen LogP contribution in [0.4, 0.5) is 13.2 Å². The Morgan fingerprint density at radius 1 is 1.07 bits per heavy atom. The Labute approximate surface area is 182 Å². The molecule has 0 aliphatic heterocycles. The Kier molecular flexibility index (Phi) is 5.70. The maximum atomic E-state index is 13.3.